The summed E-state index contributed by atoms with van der Waals surface area (Å²) >= 11 is 5.56. The van der Waals surface area contributed by atoms with Crippen LogP contribution in [0.2, 0.25) is 0 Å². The van der Waals surface area contributed by atoms with E-state index < -0.39 is 0 Å². The lowest BCUT2D eigenvalue weighted by Crippen LogP contribution is -2.51. The summed E-state index contributed by atoms with van der Waals surface area (Å²) in [7, 11) is 0. The summed E-state index contributed by atoms with van der Waals surface area (Å²) in [6.07, 6.45) is 9.68. The molecule has 2 nitrogen and oxygen atoms in total. The largest absolute Gasteiger partial charge is 0.360 e. The standard InChI is InChI=1S/C16H28N2S/c1-10-4-3-5-14(11(10)2)17-16(19)18-15-9-12-6-7-13(15)8-12/h10-15H,3-9H2,1-2H3,(H2,17,18,19)/t10-,11+,12+,13+,14+,15+/m0/s1. The zero-order valence-corrected chi connectivity index (χ0v) is 13.1. The molecule has 0 aliphatic heterocycles. The first-order chi connectivity index (χ1) is 9.13. The zero-order valence-electron chi connectivity index (χ0n) is 12.3. The summed E-state index contributed by atoms with van der Waals surface area (Å²) in [5, 5.41) is 8.14. The Kier molecular flexibility index (Phi) is 4.02. The van der Waals surface area contributed by atoms with E-state index in [4.69, 9.17) is 12.2 Å². The van der Waals surface area contributed by atoms with Gasteiger partial charge in [-0.3, -0.25) is 0 Å². The van der Waals surface area contributed by atoms with Crippen LogP contribution in [0.1, 0.15) is 58.8 Å². The Morgan fingerprint density at radius 1 is 0.947 bits per heavy atom. The van der Waals surface area contributed by atoms with Gasteiger partial charge < -0.3 is 10.6 Å². The molecule has 0 saturated heterocycles. The van der Waals surface area contributed by atoms with Gasteiger partial charge in [-0.2, -0.15) is 0 Å². The number of rotatable bonds is 2. The molecule has 0 radical (unpaired) electrons. The van der Waals surface area contributed by atoms with Crippen molar-refractivity contribution in [3.05, 3.63) is 0 Å². The van der Waals surface area contributed by atoms with E-state index in [-0.39, 0.29) is 0 Å². The quantitative estimate of drug-likeness (QED) is 0.758. The first kappa shape index (κ1) is 13.7. The van der Waals surface area contributed by atoms with Crippen LogP contribution in [0.25, 0.3) is 0 Å². The van der Waals surface area contributed by atoms with E-state index in [0.717, 1.165) is 28.8 Å². The third-order valence-electron chi connectivity index (χ3n) is 6.08. The highest BCUT2D eigenvalue weighted by molar-refractivity contribution is 7.80. The molecule has 108 valence electrons. The molecule has 2 bridgehead atoms. The monoisotopic (exact) mass is 280 g/mol. The Bertz CT molecular complexity index is 344. The molecule has 0 heterocycles. The van der Waals surface area contributed by atoms with Crippen LogP contribution < -0.4 is 10.6 Å². The third kappa shape index (κ3) is 2.91. The van der Waals surface area contributed by atoms with Crippen LogP contribution in [0.15, 0.2) is 0 Å². The molecular formula is C16H28N2S. The molecule has 3 rings (SSSR count). The van der Waals surface area contributed by atoms with Gasteiger partial charge in [-0.25, -0.2) is 0 Å². The molecule has 2 N–H and O–H groups in total. The van der Waals surface area contributed by atoms with Crippen molar-refractivity contribution in [1.82, 2.24) is 10.6 Å². The van der Waals surface area contributed by atoms with Gasteiger partial charge in [0.15, 0.2) is 5.11 Å². The molecule has 0 spiro atoms. The van der Waals surface area contributed by atoms with Gasteiger partial charge in [-0.15, -0.1) is 0 Å². The minimum atomic E-state index is 0.586. The van der Waals surface area contributed by atoms with Gasteiger partial charge in [0.25, 0.3) is 0 Å². The van der Waals surface area contributed by atoms with Crippen molar-refractivity contribution in [2.24, 2.45) is 23.7 Å². The number of hydrogen-bond donors (Lipinski definition) is 2. The number of fused-ring (bicyclic) bond motifs is 2. The molecule has 3 heteroatoms. The van der Waals surface area contributed by atoms with Crippen LogP contribution in [0.3, 0.4) is 0 Å². The minimum absolute atomic E-state index is 0.586. The first-order valence-electron chi connectivity index (χ1n) is 8.20. The van der Waals surface area contributed by atoms with E-state index in [1.165, 1.54) is 44.9 Å². The van der Waals surface area contributed by atoms with Crippen molar-refractivity contribution in [2.45, 2.75) is 70.9 Å². The fourth-order valence-electron chi connectivity index (χ4n) is 4.59. The predicted octanol–water partition coefficient (Wildman–Crippen LogP) is 3.46. The highest BCUT2D eigenvalue weighted by Crippen LogP contribution is 2.44. The number of hydrogen-bond acceptors (Lipinski definition) is 1. The molecule has 0 amide bonds. The van der Waals surface area contributed by atoms with E-state index in [1.54, 1.807) is 0 Å². The van der Waals surface area contributed by atoms with Crippen molar-refractivity contribution in [1.29, 1.82) is 0 Å². The molecule has 19 heavy (non-hydrogen) atoms. The Morgan fingerprint density at radius 3 is 2.42 bits per heavy atom. The minimum Gasteiger partial charge on any atom is -0.360 e. The van der Waals surface area contributed by atoms with Crippen LogP contribution in [0.5, 0.6) is 0 Å². The van der Waals surface area contributed by atoms with Gasteiger partial charge in [0.05, 0.1) is 0 Å². The molecule has 3 fully saturated rings. The van der Waals surface area contributed by atoms with E-state index in [2.05, 4.69) is 24.5 Å². The molecule has 0 aromatic carbocycles. The SMILES string of the molecule is C[C@@H]1[C@@H](C)CCC[C@H]1NC(=S)N[C@@H]1C[C@@H]2CC[C@@H]1C2. The van der Waals surface area contributed by atoms with E-state index in [0.29, 0.717) is 12.1 Å². The van der Waals surface area contributed by atoms with Crippen LogP contribution in [0.4, 0.5) is 0 Å². The van der Waals surface area contributed by atoms with Crippen molar-refractivity contribution in [3.8, 4) is 0 Å². The first-order valence-corrected chi connectivity index (χ1v) is 8.61. The second-order valence-electron chi connectivity index (χ2n) is 7.27. The molecule has 0 aromatic heterocycles. The van der Waals surface area contributed by atoms with Gasteiger partial charge in [0.1, 0.15) is 0 Å². The normalized spacial score (nSPS) is 45.2. The van der Waals surface area contributed by atoms with Crippen molar-refractivity contribution in [2.75, 3.05) is 0 Å². The lowest BCUT2D eigenvalue weighted by atomic mass is 9.78. The molecule has 6 atom stereocenters. The van der Waals surface area contributed by atoms with E-state index in [1.807, 2.05) is 0 Å². The Morgan fingerprint density at radius 2 is 1.74 bits per heavy atom. The maximum absolute atomic E-state index is 5.56. The van der Waals surface area contributed by atoms with E-state index in [9.17, 15) is 0 Å². The van der Waals surface area contributed by atoms with Crippen LogP contribution >= 0.6 is 12.2 Å². The summed E-state index contributed by atoms with van der Waals surface area (Å²) in [5.74, 6) is 3.46. The molecule has 3 aliphatic carbocycles. The summed E-state index contributed by atoms with van der Waals surface area (Å²) in [5.41, 5.74) is 0. The summed E-state index contributed by atoms with van der Waals surface area (Å²) in [4.78, 5) is 0. The summed E-state index contributed by atoms with van der Waals surface area (Å²) in [6, 6.07) is 1.25. The number of nitrogens with one attached hydrogen (secondary N) is 2. The summed E-state index contributed by atoms with van der Waals surface area (Å²) in [6.45, 7) is 4.76. The van der Waals surface area contributed by atoms with Gasteiger partial charge in [-0.05, 0) is 61.6 Å². The molecular weight excluding hydrogens is 252 g/mol. The van der Waals surface area contributed by atoms with Gasteiger partial charge in [-0.1, -0.05) is 33.1 Å². The lowest BCUT2D eigenvalue weighted by Gasteiger charge is -2.36. The molecule has 0 aromatic rings. The third-order valence-corrected chi connectivity index (χ3v) is 6.31. The topological polar surface area (TPSA) is 24.1 Å². The second kappa shape index (κ2) is 5.59. The molecule has 0 unspecified atom stereocenters. The second-order valence-corrected chi connectivity index (χ2v) is 7.68. The Hall–Kier alpha value is -0.310. The van der Waals surface area contributed by atoms with Gasteiger partial charge >= 0.3 is 0 Å². The van der Waals surface area contributed by atoms with Crippen molar-refractivity contribution in [3.63, 3.8) is 0 Å². The van der Waals surface area contributed by atoms with Crippen LogP contribution in [-0.2, 0) is 0 Å². The molecule has 3 aliphatic rings. The van der Waals surface area contributed by atoms with Crippen LogP contribution in [-0.4, -0.2) is 17.2 Å². The van der Waals surface area contributed by atoms with E-state index >= 15 is 0 Å². The molecule has 3 saturated carbocycles. The van der Waals surface area contributed by atoms with Crippen molar-refractivity contribution < 1.29 is 0 Å². The predicted molar refractivity (Wildman–Crippen MR) is 84.1 cm³/mol. The Labute approximate surface area is 123 Å². The maximum atomic E-state index is 5.56. The van der Waals surface area contributed by atoms with Crippen LogP contribution in [0, 0.1) is 23.7 Å². The fraction of sp³-hybridized carbons (Fsp3) is 0.938. The smallest absolute Gasteiger partial charge is 0.166 e. The number of thiocarbonyl (C=S) groups is 1. The van der Waals surface area contributed by atoms with Gasteiger partial charge in [0, 0.05) is 12.1 Å². The average Bonchev–Trinajstić information content (AvgIpc) is 2.97. The van der Waals surface area contributed by atoms with Crippen molar-refractivity contribution >= 4 is 17.3 Å². The van der Waals surface area contributed by atoms with Gasteiger partial charge in [0.2, 0.25) is 0 Å². The fourth-order valence-corrected chi connectivity index (χ4v) is 4.89. The maximum Gasteiger partial charge on any atom is 0.166 e. The average molecular weight is 280 g/mol. The highest BCUT2D eigenvalue weighted by Gasteiger charge is 2.40. The summed E-state index contributed by atoms with van der Waals surface area (Å²) < 4.78 is 0. The Balaban J connectivity index is 1.48. The lowest BCUT2D eigenvalue weighted by molar-refractivity contribution is 0.223. The zero-order chi connectivity index (χ0) is 13.4. The highest BCUT2D eigenvalue weighted by atomic mass is 32.1.